The van der Waals surface area contributed by atoms with Crippen molar-refractivity contribution in [2.45, 2.75) is 37.4 Å². The van der Waals surface area contributed by atoms with Gasteiger partial charge in [-0.15, -0.1) is 10.2 Å². The summed E-state index contributed by atoms with van der Waals surface area (Å²) in [6.45, 7) is 6.42. The van der Waals surface area contributed by atoms with E-state index in [1.807, 2.05) is 43.3 Å². The first-order chi connectivity index (χ1) is 13.5. The number of aryl methyl sites for hydroxylation is 1. The fraction of sp³-hybridized carbons (Fsp3) is 0.286. The molecular weight excluding hydrogens is 388 g/mol. The molecule has 0 aliphatic heterocycles. The Labute approximate surface area is 174 Å². The van der Waals surface area contributed by atoms with Gasteiger partial charge in [0.25, 0.3) is 0 Å². The lowest BCUT2D eigenvalue weighted by Gasteiger charge is -2.10. The normalized spacial score (nSPS) is 11.8. The Kier molecular flexibility index (Phi) is 7.06. The molecule has 0 aliphatic rings. The van der Waals surface area contributed by atoms with Gasteiger partial charge in [0, 0.05) is 11.4 Å². The van der Waals surface area contributed by atoms with Gasteiger partial charge in [-0.3, -0.25) is 4.79 Å². The Balaban J connectivity index is 1.50. The van der Waals surface area contributed by atoms with Crippen LogP contribution in [0, 0.1) is 6.92 Å². The van der Waals surface area contributed by atoms with E-state index in [1.54, 1.807) is 0 Å². The minimum atomic E-state index is -0.0510. The molecule has 0 aliphatic carbocycles. The summed E-state index contributed by atoms with van der Waals surface area (Å²) in [7, 11) is 0. The van der Waals surface area contributed by atoms with Gasteiger partial charge in [-0.1, -0.05) is 67.3 Å². The number of anilines is 3. The van der Waals surface area contributed by atoms with Gasteiger partial charge in [-0.05, 0) is 48.6 Å². The molecular formula is C21H24N4OS2. The predicted molar refractivity (Wildman–Crippen MR) is 119 cm³/mol. The molecule has 0 saturated carbocycles. The highest BCUT2D eigenvalue weighted by molar-refractivity contribution is 8.01. The van der Waals surface area contributed by atoms with E-state index >= 15 is 0 Å². The number of aromatic nitrogens is 2. The van der Waals surface area contributed by atoms with Crippen LogP contribution in [0.5, 0.6) is 0 Å². The first kappa shape index (κ1) is 20.4. The van der Waals surface area contributed by atoms with Crippen LogP contribution in [-0.4, -0.2) is 21.9 Å². The van der Waals surface area contributed by atoms with Crippen LogP contribution in [0.25, 0.3) is 0 Å². The topological polar surface area (TPSA) is 66.9 Å². The van der Waals surface area contributed by atoms with Crippen molar-refractivity contribution in [2.24, 2.45) is 0 Å². The molecule has 0 spiro atoms. The van der Waals surface area contributed by atoms with Crippen LogP contribution in [0.2, 0.25) is 0 Å². The van der Waals surface area contributed by atoms with Gasteiger partial charge in [0.05, 0.1) is 5.75 Å². The van der Waals surface area contributed by atoms with Crippen LogP contribution in [0.1, 0.15) is 37.3 Å². The molecule has 1 heterocycles. The van der Waals surface area contributed by atoms with Crippen LogP contribution < -0.4 is 10.6 Å². The maximum Gasteiger partial charge on any atom is 0.234 e. The van der Waals surface area contributed by atoms with E-state index in [1.165, 1.54) is 28.7 Å². The van der Waals surface area contributed by atoms with Gasteiger partial charge in [0.1, 0.15) is 0 Å². The standard InChI is InChI=1S/C21H24N4OS2/c1-4-14(2)16-9-11-17(12-10-16)22-19(26)13-27-21-25-24-20(28-21)23-18-8-6-5-7-15(18)3/h5-12,14H,4,13H2,1-3H3,(H,22,26)(H,23,24). The number of para-hydroxylation sites is 1. The third kappa shape index (κ3) is 5.56. The van der Waals surface area contributed by atoms with E-state index in [0.29, 0.717) is 11.7 Å². The van der Waals surface area contributed by atoms with Gasteiger partial charge in [-0.25, -0.2) is 0 Å². The van der Waals surface area contributed by atoms with E-state index in [-0.39, 0.29) is 5.91 Å². The maximum absolute atomic E-state index is 12.2. The third-order valence-electron chi connectivity index (χ3n) is 4.50. The molecule has 5 nitrogen and oxygen atoms in total. The molecule has 2 aromatic carbocycles. The van der Waals surface area contributed by atoms with Crippen LogP contribution in [0.4, 0.5) is 16.5 Å². The van der Waals surface area contributed by atoms with Crippen molar-refractivity contribution in [1.29, 1.82) is 0 Å². The average Bonchev–Trinajstić information content (AvgIpc) is 3.15. The number of hydrogen-bond acceptors (Lipinski definition) is 6. The summed E-state index contributed by atoms with van der Waals surface area (Å²) in [5, 5.41) is 15.2. The third-order valence-corrected chi connectivity index (χ3v) is 6.47. The fourth-order valence-electron chi connectivity index (χ4n) is 2.60. The minimum absolute atomic E-state index is 0.0510. The van der Waals surface area contributed by atoms with E-state index in [4.69, 9.17) is 0 Å². The summed E-state index contributed by atoms with van der Waals surface area (Å²) in [6, 6.07) is 16.1. The molecule has 1 atom stereocenters. The largest absolute Gasteiger partial charge is 0.330 e. The van der Waals surface area contributed by atoms with Crippen LogP contribution in [-0.2, 0) is 4.79 Å². The zero-order valence-electron chi connectivity index (χ0n) is 16.2. The van der Waals surface area contributed by atoms with E-state index < -0.39 is 0 Å². The maximum atomic E-state index is 12.2. The van der Waals surface area contributed by atoms with E-state index in [2.05, 4.69) is 46.8 Å². The minimum Gasteiger partial charge on any atom is -0.330 e. The average molecular weight is 413 g/mol. The molecule has 1 unspecified atom stereocenters. The second kappa shape index (κ2) is 9.71. The van der Waals surface area contributed by atoms with Gasteiger partial charge < -0.3 is 10.6 Å². The van der Waals surface area contributed by atoms with Crippen molar-refractivity contribution in [3.63, 3.8) is 0 Å². The molecule has 0 bridgehead atoms. The number of carbonyl (C=O) groups excluding carboxylic acids is 1. The smallest absolute Gasteiger partial charge is 0.234 e. The molecule has 146 valence electrons. The van der Waals surface area contributed by atoms with Gasteiger partial charge in [0.2, 0.25) is 11.0 Å². The predicted octanol–water partition coefficient (Wildman–Crippen LogP) is 5.83. The number of amides is 1. The molecule has 1 amide bonds. The summed E-state index contributed by atoms with van der Waals surface area (Å²) >= 11 is 2.83. The van der Waals surface area contributed by atoms with Crippen LogP contribution in [0.15, 0.2) is 52.9 Å². The zero-order chi connectivity index (χ0) is 19.9. The SMILES string of the molecule is CCC(C)c1ccc(NC(=O)CSc2nnc(Nc3ccccc3C)s2)cc1. The summed E-state index contributed by atoms with van der Waals surface area (Å²) in [6.07, 6.45) is 1.10. The van der Waals surface area contributed by atoms with Gasteiger partial charge in [0.15, 0.2) is 4.34 Å². The molecule has 28 heavy (non-hydrogen) atoms. The lowest BCUT2D eigenvalue weighted by Crippen LogP contribution is -2.13. The molecule has 0 fully saturated rings. The lowest BCUT2D eigenvalue weighted by molar-refractivity contribution is -0.113. The molecule has 3 rings (SSSR count). The lowest BCUT2D eigenvalue weighted by atomic mass is 9.99. The second-order valence-corrected chi connectivity index (χ2v) is 8.78. The second-order valence-electron chi connectivity index (χ2n) is 6.58. The molecule has 0 radical (unpaired) electrons. The Morgan fingerprint density at radius 1 is 1.14 bits per heavy atom. The Morgan fingerprint density at radius 2 is 1.89 bits per heavy atom. The Hall–Kier alpha value is -2.38. The first-order valence-corrected chi connectivity index (χ1v) is 11.0. The van der Waals surface area contributed by atoms with E-state index in [0.717, 1.165) is 32.8 Å². The fourth-order valence-corrected chi connectivity index (χ4v) is 4.17. The number of benzene rings is 2. The van der Waals surface area contributed by atoms with E-state index in [9.17, 15) is 4.79 Å². The van der Waals surface area contributed by atoms with Gasteiger partial charge in [-0.2, -0.15) is 0 Å². The molecule has 2 N–H and O–H groups in total. The highest BCUT2D eigenvalue weighted by atomic mass is 32.2. The number of nitrogens with one attached hydrogen (secondary N) is 2. The summed E-state index contributed by atoms with van der Waals surface area (Å²) < 4.78 is 0.762. The molecule has 1 aromatic heterocycles. The van der Waals surface area contributed by atoms with Crippen molar-refractivity contribution >= 4 is 45.5 Å². The van der Waals surface area contributed by atoms with Crippen molar-refractivity contribution in [3.05, 3.63) is 59.7 Å². The molecule has 0 saturated heterocycles. The van der Waals surface area contributed by atoms with Crippen molar-refractivity contribution in [3.8, 4) is 0 Å². The highest BCUT2D eigenvalue weighted by Crippen LogP contribution is 2.28. The van der Waals surface area contributed by atoms with Crippen molar-refractivity contribution < 1.29 is 4.79 Å². The number of carbonyl (C=O) groups is 1. The van der Waals surface area contributed by atoms with Crippen molar-refractivity contribution in [1.82, 2.24) is 10.2 Å². The Bertz CT molecular complexity index is 924. The highest BCUT2D eigenvalue weighted by Gasteiger charge is 2.10. The molecule has 3 aromatic rings. The van der Waals surface area contributed by atoms with Crippen LogP contribution in [0.3, 0.4) is 0 Å². The van der Waals surface area contributed by atoms with Gasteiger partial charge >= 0.3 is 0 Å². The zero-order valence-corrected chi connectivity index (χ0v) is 17.9. The quantitative estimate of drug-likeness (QED) is 0.455. The monoisotopic (exact) mass is 412 g/mol. The number of thioether (sulfide) groups is 1. The van der Waals surface area contributed by atoms with Crippen molar-refractivity contribution in [2.75, 3.05) is 16.4 Å². The number of hydrogen-bond donors (Lipinski definition) is 2. The molecule has 7 heteroatoms. The van der Waals surface area contributed by atoms with Crippen LogP contribution >= 0.6 is 23.1 Å². The Morgan fingerprint density at radius 3 is 2.61 bits per heavy atom. The summed E-state index contributed by atoms with van der Waals surface area (Å²) in [4.78, 5) is 12.2. The summed E-state index contributed by atoms with van der Waals surface area (Å²) in [5.74, 6) is 0.775. The number of nitrogens with zero attached hydrogens (tertiary/aromatic N) is 2. The number of rotatable bonds is 8. The summed E-state index contributed by atoms with van der Waals surface area (Å²) in [5.41, 5.74) is 4.26. The first-order valence-electron chi connectivity index (χ1n) is 9.24.